The second-order valence-corrected chi connectivity index (χ2v) is 5.63. The van der Waals surface area contributed by atoms with Crippen LogP contribution >= 0.6 is 0 Å². The molecule has 7 heteroatoms. The third-order valence-electron chi connectivity index (χ3n) is 2.29. The van der Waals surface area contributed by atoms with Crippen LogP contribution in [0, 0.1) is 11.8 Å². The number of esters is 2. The fourth-order valence-corrected chi connectivity index (χ4v) is 1.28. The Morgan fingerprint density at radius 1 is 1.00 bits per heavy atom. The smallest absolute Gasteiger partial charge is 0.323 e. The van der Waals surface area contributed by atoms with Gasteiger partial charge in [0.05, 0.1) is 26.2 Å². The van der Waals surface area contributed by atoms with Crippen LogP contribution in [0.3, 0.4) is 0 Å². The minimum Gasteiger partial charge on any atom is -0.481 e. The van der Waals surface area contributed by atoms with Gasteiger partial charge in [0.15, 0.2) is 0 Å². The molecule has 0 amide bonds. The lowest BCUT2D eigenvalue weighted by molar-refractivity contribution is -0.152. The van der Waals surface area contributed by atoms with Crippen molar-refractivity contribution in [3.63, 3.8) is 0 Å². The summed E-state index contributed by atoms with van der Waals surface area (Å²) in [6, 6.07) is -1.06. The van der Waals surface area contributed by atoms with E-state index in [0.717, 1.165) is 0 Å². The highest BCUT2D eigenvalue weighted by molar-refractivity contribution is 5.82. The minimum atomic E-state index is -1.15. The van der Waals surface area contributed by atoms with Gasteiger partial charge in [-0.3, -0.25) is 19.7 Å². The van der Waals surface area contributed by atoms with Crippen molar-refractivity contribution in [2.24, 2.45) is 11.8 Å². The topological polar surface area (TPSA) is 102 Å². The molecule has 0 aliphatic carbocycles. The molecule has 0 aromatic rings. The average molecular weight is 303 g/mol. The van der Waals surface area contributed by atoms with Crippen LogP contribution in [0.5, 0.6) is 0 Å². The molecule has 0 rings (SSSR count). The van der Waals surface area contributed by atoms with Crippen molar-refractivity contribution in [1.82, 2.24) is 5.32 Å². The lowest BCUT2D eigenvalue weighted by Gasteiger charge is -2.16. The molecule has 7 nitrogen and oxygen atoms in total. The van der Waals surface area contributed by atoms with Gasteiger partial charge in [-0.15, -0.1) is 0 Å². The molecule has 0 aliphatic rings. The van der Waals surface area contributed by atoms with Crippen LogP contribution in [0.1, 0.15) is 34.1 Å². The van der Waals surface area contributed by atoms with Crippen molar-refractivity contribution < 1.29 is 29.0 Å². The number of nitrogens with one attached hydrogen (secondary N) is 1. The lowest BCUT2D eigenvalue weighted by Crippen LogP contribution is -2.43. The van der Waals surface area contributed by atoms with E-state index in [9.17, 15) is 14.4 Å². The number of rotatable bonds is 10. The SMILES string of the molecule is CC(C)COC(=O)CNC(CC(=O)O)C(=O)OCC(C)C. The van der Waals surface area contributed by atoms with Crippen LogP contribution < -0.4 is 5.32 Å². The Labute approximate surface area is 125 Å². The second-order valence-electron chi connectivity index (χ2n) is 5.63. The van der Waals surface area contributed by atoms with E-state index < -0.39 is 30.4 Å². The summed E-state index contributed by atoms with van der Waals surface area (Å²) in [5.41, 5.74) is 0. The molecule has 0 saturated carbocycles. The standard InChI is InChI=1S/C14H25NO6/c1-9(2)7-20-13(18)6-15-11(5-12(16)17)14(19)21-8-10(3)4/h9-11,15H,5-8H2,1-4H3,(H,16,17). The molecule has 0 aromatic carbocycles. The van der Waals surface area contributed by atoms with E-state index in [1.54, 1.807) is 0 Å². The number of ether oxygens (including phenoxy) is 2. The molecule has 1 atom stereocenters. The molecule has 122 valence electrons. The van der Waals surface area contributed by atoms with Crippen LogP contribution in [0.25, 0.3) is 0 Å². The molecular formula is C14H25NO6. The number of hydrogen-bond donors (Lipinski definition) is 2. The van der Waals surface area contributed by atoms with E-state index in [-0.39, 0.29) is 31.6 Å². The van der Waals surface area contributed by atoms with E-state index in [2.05, 4.69) is 5.32 Å². The summed E-state index contributed by atoms with van der Waals surface area (Å²) in [6.07, 6.45) is -0.450. The number of carbonyl (C=O) groups excluding carboxylic acids is 2. The van der Waals surface area contributed by atoms with Gasteiger partial charge in [0.1, 0.15) is 6.04 Å². The molecule has 21 heavy (non-hydrogen) atoms. The van der Waals surface area contributed by atoms with Gasteiger partial charge in [-0.25, -0.2) is 0 Å². The Morgan fingerprint density at radius 2 is 1.52 bits per heavy atom. The zero-order chi connectivity index (χ0) is 16.4. The summed E-state index contributed by atoms with van der Waals surface area (Å²) in [6.45, 7) is 7.79. The molecule has 0 fully saturated rings. The molecular weight excluding hydrogens is 278 g/mol. The number of carboxylic acid groups (broad SMARTS) is 1. The minimum absolute atomic E-state index is 0.149. The van der Waals surface area contributed by atoms with Crippen LogP contribution in [-0.2, 0) is 23.9 Å². The maximum atomic E-state index is 11.8. The molecule has 1 unspecified atom stereocenters. The first kappa shape index (κ1) is 19.4. The van der Waals surface area contributed by atoms with Crippen LogP contribution in [0.4, 0.5) is 0 Å². The summed E-state index contributed by atoms with van der Waals surface area (Å²) < 4.78 is 9.92. The zero-order valence-electron chi connectivity index (χ0n) is 13.0. The van der Waals surface area contributed by atoms with Crippen LogP contribution in [-0.4, -0.2) is 48.8 Å². The molecule has 0 bridgehead atoms. The van der Waals surface area contributed by atoms with E-state index >= 15 is 0 Å². The third-order valence-corrected chi connectivity index (χ3v) is 2.29. The lowest BCUT2D eigenvalue weighted by atomic mass is 10.2. The van der Waals surface area contributed by atoms with Crippen molar-refractivity contribution in [2.75, 3.05) is 19.8 Å². The fraction of sp³-hybridized carbons (Fsp3) is 0.786. The van der Waals surface area contributed by atoms with Gasteiger partial charge >= 0.3 is 17.9 Å². The van der Waals surface area contributed by atoms with Gasteiger partial charge in [-0.05, 0) is 11.8 Å². The monoisotopic (exact) mass is 303 g/mol. The van der Waals surface area contributed by atoms with Crippen molar-refractivity contribution in [1.29, 1.82) is 0 Å². The molecule has 0 spiro atoms. The summed E-state index contributed by atoms with van der Waals surface area (Å²) >= 11 is 0. The first-order valence-electron chi connectivity index (χ1n) is 6.99. The van der Waals surface area contributed by atoms with Crippen molar-refractivity contribution in [2.45, 2.75) is 40.2 Å². The van der Waals surface area contributed by atoms with Gasteiger partial charge < -0.3 is 14.6 Å². The number of aliphatic carboxylic acids is 1. The summed E-state index contributed by atoms with van der Waals surface area (Å²) in [4.78, 5) is 34.0. The van der Waals surface area contributed by atoms with Crippen LogP contribution in [0.2, 0.25) is 0 Å². The van der Waals surface area contributed by atoms with Gasteiger partial charge in [0.2, 0.25) is 0 Å². The Kier molecular flexibility index (Phi) is 9.36. The molecule has 0 radical (unpaired) electrons. The van der Waals surface area contributed by atoms with Crippen molar-refractivity contribution in [3.05, 3.63) is 0 Å². The molecule has 0 saturated heterocycles. The van der Waals surface area contributed by atoms with Gasteiger partial charge in [-0.1, -0.05) is 27.7 Å². The van der Waals surface area contributed by atoms with Gasteiger partial charge in [0.25, 0.3) is 0 Å². The molecule has 0 heterocycles. The predicted molar refractivity (Wildman–Crippen MR) is 75.6 cm³/mol. The Hall–Kier alpha value is -1.63. The zero-order valence-corrected chi connectivity index (χ0v) is 13.0. The van der Waals surface area contributed by atoms with Crippen molar-refractivity contribution >= 4 is 17.9 Å². The number of carboxylic acids is 1. The number of hydrogen-bond acceptors (Lipinski definition) is 6. The van der Waals surface area contributed by atoms with E-state index in [4.69, 9.17) is 14.6 Å². The summed E-state index contributed by atoms with van der Waals surface area (Å²) in [7, 11) is 0. The van der Waals surface area contributed by atoms with E-state index in [1.807, 2.05) is 27.7 Å². The summed E-state index contributed by atoms with van der Waals surface area (Å²) in [5.74, 6) is -2.00. The molecule has 0 aromatic heterocycles. The molecule has 0 aliphatic heterocycles. The van der Waals surface area contributed by atoms with E-state index in [1.165, 1.54) is 0 Å². The molecule has 2 N–H and O–H groups in total. The number of carbonyl (C=O) groups is 3. The first-order valence-corrected chi connectivity index (χ1v) is 6.99. The predicted octanol–water partition coefficient (Wildman–Crippen LogP) is 0.818. The third kappa shape index (κ3) is 10.8. The first-order chi connectivity index (χ1) is 9.72. The fourth-order valence-electron chi connectivity index (χ4n) is 1.28. The quantitative estimate of drug-likeness (QED) is 0.576. The van der Waals surface area contributed by atoms with Gasteiger partial charge in [-0.2, -0.15) is 0 Å². The normalized spacial score (nSPS) is 12.3. The Bertz CT molecular complexity index is 353. The summed E-state index contributed by atoms with van der Waals surface area (Å²) in [5, 5.41) is 11.4. The maximum absolute atomic E-state index is 11.8. The Morgan fingerprint density at radius 3 is 2.00 bits per heavy atom. The maximum Gasteiger partial charge on any atom is 0.323 e. The van der Waals surface area contributed by atoms with Crippen molar-refractivity contribution in [3.8, 4) is 0 Å². The highest BCUT2D eigenvalue weighted by Crippen LogP contribution is 2.00. The van der Waals surface area contributed by atoms with Gasteiger partial charge in [0, 0.05) is 0 Å². The highest BCUT2D eigenvalue weighted by atomic mass is 16.5. The highest BCUT2D eigenvalue weighted by Gasteiger charge is 2.24. The Balaban J connectivity index is 4.32. The largest absolute Gasteiger partial charge is 0.481 e. The van der Waals surface area contributed by atoms with E-state index in [0.29, 0.717) is 0 Å². The van der Waals surface area contributed by atoms with Crippen LogP contribution in [0.15, 0.2) is 0 Å². The second kappa shape index (κ2) is 10.1. The average Bonchev–Trinajstić information content (AvgIpc) is 2.37.